The molecule has 1 aliphatic heterocycles. The molecule has 0 amide bonds. The Hall–Kier alpha value is -1.64. The molecule has 0 fully saturated rings. The third kappa shape index (κ3) is 2.38. The Morgan fingerprint density at radius 1 is 1.24 bits per heavy atom. The van der Waals surface area contributed by atoms with E-state index < -0.39 is 11.1 Å². The van der Waals surface area contributed by atoms with E-state index in [1.165, 1.54) is 0 Å². The molecule has 0 aromatic heterocycles. The van der Waals surface area contributed by atoms with Gasteiger partial charge >= 0.3 is 5.97 Å². The van der Waals surface area contributed by atoms with Crippen LogP contribution in [0, 0.1) is 0 Å². The van der Waals surface area contributed by atoms with Gasteiger partial charge in [-0.15, -0.1) is 0 Å². The molecule has 2 rings (SSSR count). The van der Waals surface area contributed by atoms with E-state index in [0.717, 1.165) is 11.3 Å². The predicted octanol–water partition coefficient (Wildman–Crippen LogP) is 2.59. The van der Waals surface area contributed by atoms with Gasteiger partial charge in [-0.1, -0.05) is 30.3 Å². The SMILES string of the molecule is CC(C)(C)OC(=O)[C@]1(C)N=C1c1ccccc1. The van der Waals surface area contributed by atoms with Gasteiger partial charge in [-0.25, -0.2) is 4.79 Å². The van der Waals surface area contributed by atoms with Crippen molar-refractivity contribution in [2.45, 2.75) is 38.8 Å². The van der Waals surface area contributed by atoms with Gasteiger partial charge in [-0.2, -0.15) is 0 Å². The maximum absolute atomic E-state index is 12.0. The zero-order valence-electron chi connectivity index (χ0n) is 10.7. The lowest BCUT2D eigenvalue weighted by molar-refractivity contribution is -0.156. The van der Waals surface area contributed by atoms with Gasteiger partial charge in [0, 0.05) is 0 Å². The summed E-state index contributed by atoms with van der Waals surface area (Å²) in [5.41, 5.74) is 0.544. The van der Waals surface area contributed by atoms with Crippen molar-refractivity contribution in [2.24, 2.45) is 4.99 Å². The molecule has 1 atom stereocenters. The average molecular weight is 231 g/mol. The lowest BCUT2D eigenvalue weighted by Crippen LogP contribution is -2.35. The van der Waals surface area contributed by atoms with Crippen LogP contribution < -0.4 is 0 Å². The first-order valence-electron chi connectivity index (χ1n) is 5.72. The van der Waals surface area contributed by atoms with Crippen LogP contribution in [-0.4, -0.2) is 22.8 Å². The van der Waals surface area contributed by atoms with E-state index >= 15 is 0 Å². The summed E-state index contributed by atoms with van der Waals surface area (Å²) in [5, 5.41) is 0. The van der Waals surface area contributed by atoms with Crippen molar-refractivity contribution in [3.8, 4) is 0 Å². The highest BCUT2D eigenvalue weighted by atomic mass is 16.6. The van der Waals surface area contributed by atoms with E-state index in [-0.39, 0.29) is 5.97 Å². The van der Waals surface area contributed by atoms with Crippen LogP contribution in [-0.2, 0) is 9.53 Å². The summed E-state index contributed by atoms with van der Waals surface area (Å²) in [5.74, 6) is -0.274. The van der Waals surface area contributed by atoms with Crippen molar-refractivity contribution in [3.05, 3.63) is 35.9 Å². The summed E-state index contributed by atoms with van der Waals surface area (Å²) in [6.07, 6.45) is 0. The van der Waals surface area contributed by atoms with Gasteiger partial charge in [-0.3, -0.25) is 4.99 Å². The van der Waals surface area contributed by atoms with Gasteiger partial charge in [-0.05, 0) is 33.3 Å². The molecule has 1 aliphatic rings. The fourth-order valence-electron chi connectivity index (χ4n) is 1.66. The van der Waals surface area contributed by atoms with Gasteiger partial charge < -0.3 is 4.74 Å². The maximum atomic E-state index is 12.0. The Morgan fingerprint density at radius 2 is 1.82 bits per heavy atom. The summed E-state index contributed by atoms with van der Waals surface area (Å²) in [4.78, 5) is 16.3. The van der Waals surface area contributed by atoms with Crippen LogP contribution in [0.3, 0.4) is 0 Å². The van der Waals surface area contributed by atoms with Crippen LogP contribution in [0.5, 0.6) is 0 Å². The second kappa shape index (κ2) is 3.69. The van der Waals surface area contributed by atoms with Crippen molar-refractivity contribution < 1.29 is 9.53 Å². The normalized spacial score (nSPS) is 22.9. The molecule has 3 nitrogen and oxygen atoms in total. The number of rotatable bonds is 2. The molecule has 1 heterocycles. The fourth-order valence-corrected chi connectivity index (χ4v) is 1.66. The molecular weight excluding hydrogens is 214 g/mol. The number of carbonyl (C=O) groups excluding carboxylic acids is 1. The average Bonchev–Trinajstić information content (AvgIpc) is 2.91. The molecular formula is C14H17NO2. The summed E-state index contributed by atoms with van der Waals surface area (Å²) < 4.78 is 5.36. The number of benzene rings is 1. The molecule has 3 heteroatoms. The molecule has 1 aromatic rings. The van der Waals surface area contributed by atoms with Crippen LogP contribution in [0.2, 0.25) is 0 Å². The van der Waals surface area contributed by atoms with E-state index in [2.05, 4.69) is 4.99 Å². The Labute approximate surface area is 102 Å². The number of aliphatic imine (C=N–C) groups is 1. The van der Waals surface area contributed by atoms with Crippen LogP contribution in [0.25, 0.3) is 0 Å². The Morgan fingerprint density at radius 3 is 2.35 bits per heavy atom. The number of nitrogens with zero attached hydrogens (tertiary/aromatic N) is 1. The van der Waals surface area contributed by atoms with Crippen LogP contribution in [0.4, 0.5) is 0 Å². The number of carbonyl (C=O) groups is 1. The quantitative estimate of drug-likeness (QED) is 0.734. The standard InChI is InChI=1S/C14H17NO2/c1-13(2,3)17-12(16)14(4)11(15-14)10-8-6-5-7-9-10/h5-9H,1-4H3/t14-/m1/s1. The van der Waals surface area contributed by atoms with Crippen LogP contribution in [0.1, 0.15) is 33.3 Å². The van der Waals surface area contributed by atoms with E-state index in [4.69, 9.17) is 4.74 Å². The van der Waals surface area contributed by atoms with Crippen molar-refractivity contribution in [2.75, 3.05) is 0 Å². The Kier molecular flexibility index (Phi) is 2.57. The molecule has 0 bridgehead atoms. The summed E-state index contributed by atoms with van der Waals surface area (Å²) in [7, 11) is 0. The molecule has 0 N–H and O–H groups in total. The number of esters is 1. The largest absolute Gasteiger partial charge is 0.458 e. The van der Waals surface area contributed by atoms with Gasteiger partial charge in [0.1, 0.15) is 5.60 Å². The van der Waals surface area contributed by atoms with E-state index in [1.54, 1.807) is 6.92 Å². The minimum atomic E-state index is -0.783. The second-order valence-electron chi connectivity index (χ2n) is 5.40. The van der Waals surface area contributed by atoms with Crippen molar-refractivity contribution >= 4 is 11.7 Å². The number of ether oxygens (including phenoxy) is 1. The monoisotopic (exact) mass is 231 g/mol. The lowest BCUT2D eigenvalue weighted by atomic mass is 10.00. The Bertz CT molecular complexity index is 471. The summed E-state index contributed by atoms with van der Waals surface area (Å²) in [6, 6.07) is 9.72. The van der Waals surface area contributed by atoms with Crippen molar-refractivity contribution in [1.82, 2.24) is 0 Å². The summed E-state index contributed by atoms with van der Waals surface area (Å²) in [6.45, 7) is 7.37. The molecule has 0 aliphatic carbocycles. The molecule has 17 heavy (non-hydrogen) atoms. The van der Waals surface area contributed by atoms with Gasteiger partial charge in [0.2, 0.25) is 0 Å². The van der Waals surface area contributed by atoms with Crippen LogP contribution in [0.15, 0.2) is 35.3 Å². The van der Waals surface area contributed by atoms with Crippen molar-refractivity contribution in [1.29, 1.82) is 0 Å². The minimum absolute atomic E-state index is 0.274. The zero-order chi connectivity index (χ0) is 12.7. The maximum Gasteiger partial charge on any atom is 0.340 e. The molecule has 0 radical (unpaired) electrons. The molecule has 1 aromatic carbocycles. The smallest absolute Gasteiger partial charge is 0.340 e. The first-order valence-corrected chi connectivity index (χ1v) is 5.72. The fraction of sp³-hybridized carbons (Fsp3) is 0.429. The molecule has 0 saturated carbocycles. The topological polar surface area (TPSA) is 38.7 Å². The first kappa shape index (κ1) is 11.8. The lowest BCUT2D eigenvalue weighted by Gasteiger charge is -2.21. The third-order valence-electron chi connectivity index (χ3n) is 2.59. The highest BCUT2D eigenvalue weighted by Gasteiger charge is 2.52. The highest BCUT2D eigenvalue weighted by Crippen LogP contribution is 2.34. The van der Waals surface area contributed by atoms with E-state index in [1.807, 2.05) is 51.1 Å². The number of hydrogen-bond donors (Lipinski definition) is 0. The molecule has 90 valence electrons. The third-order valence-corrected chi connectivity index (χ3v) is 2.59. The minimum Gasteiger partial charge on any atom is -0.458 e. The molecule has 0 saturated heterocycles. The molecule has 0 unspecified atom stereocenters. The van der Waals surface area contributed by atoms with E-state index in [0.29, 0.717) is 0 Å². The first-order chi connectivity index (χ1) is 7.83. The Balaban J connectivity index is 2.09. The van der Waals surface area contributed by atoms with Gasteiger partial charge in [0.15, 0.2) is 5.54 Å². The van der Waals surface area contributed by atoms with E-state index in [9.17, 15) is 4.79 Å². The summed E-state index contributed by atoms with van der Waals surface area (Å²) >= 11 is 0. The predicted molar refractivity (Wildman–Crippen MR) is 67.2 cm³/mol. The molecule has 0 spiro atoms. The van der Waals surface area contributed by atoms with Gasteiger partial charge in [0.05, 0.1) is 5.71 Å². The van der Waals surface area contributed by atoms with Crippen LogP contribution >= 0.6 is 0 Å². The zero-order valence-corrected chi connectivity index (χ0v) is 10.7. The highest BCUT2D eigenvalue weighted by molar-refractivity contribution is 6.28. The second-order valence-corrected chi connectivity index (χ2v) is 5.40. The van der Waals surface area contributed by atoms with Crippen molar-refractivity contribution in [3.63, 3.8) is 0 Å². The number of hydrogen-bond acceptors (Lipinski definition) is 3. The van der Waals surface area contributed by atoms with Gasteiger partial charge in [0.25, 0.3) is 0 Å².